The normalized spacial score (nSPS) is 10.5. The van der Waals surface area contributed by atoms with Crippen LogP contribution in [-0.4, -0.2) is 20.4 Å². The first-order valence-corrected chi connectivity index (χ1v) is 4.93. The summed E-state index contributed by atoms with van der Waals surface area (Å²) in [6.45, 7) is 2.10. The SMILES string of the molecule is CCCc1c(N)n[nH]c1-c1cccnn1. The monoisotopic (exact) mass is 203 g/mol. The molecule has 0 unspecified atom stereocenters. The van der Waals surface area contributed by atoms with Gasteiger partial charge in [-0.3, -0.25) is 5.10 Å². The third-order valence-electron chi connectivity index (χ3n) is 2.23. The predicted molar refractivity (Wildman–Crippen MR) is 58.0 cm³/mol. The standard InChI is InChI=1S/C10H13N5/c1-2-4-7-9(14-15-10(7)11)8-5-3-6-12-13-8/h3,5-6H,2,4H2,1H3,(H3,11,14,15). The fourth-order valence-electron chi connectivity index (χ4n) is 1.53. The van der Waals surface area contributed by atoms with E-state index in [2.05, 4.69) is 27.3 Å². The van der Waals surface area contributed by atoms with Crippen LogP contribution in [-0.2, 0) is 6.42 Å². The van der Waals surface area contributed by atoms with E-state index in [0.29, 0.717) is 5.82 Å². The number of aromatic amines is 1. The van der Waals surface area contributed by atoms with Crippen LogP contribution >= 0.6 is 0 Å². The lowest BCUT2D eigenvalue weighted by molar-refractivity contribution is 0.923. The summed E-state index contributed by atoms with van der Waals surface area (Å²) in [6.07, 6.45) is 3.56. The summed E-state index contributed by atoms with van der Waals surface area (Å²) in [5.41, 5.74) is 8.46. The van der Waals surface area contributed by atoms with E-state index in [1.54, 1.807) is 6.20 Å². The molecule has 5 heteroatoms. The number of anilines is 1. The van der Waals surface area contributed by atoms with E-state index in [9.17, 15) is 0 Å². The van der Waals surface area contributed by atoms with Crippen molar-refractivity contribution < 1.29 is 0 Å². The maximum atomic E-state index is 5.77. The summed E-state index contributed by atoms with van der Waals surface area (Å²) >= 11 is 0. The summed E-state index contributed by atoms with van der Waals surface area (Å²) in [4.78, 5) is 0. The van der Waals surface area contributed by atoms with Gasteiger partial charge in [-0.2, -0.15) is 10.2 Å². The van der Waals surface area contributed by atoms with Crippen molar-refractivity contribution in [1.29, 1.82) is 0 Å². The van der Waals surface area contributed by atoms with Gasteiger partial charge in [0.1, 0.15) is 11.5 Å². The van der Waals surface area contributed by atoms with Crippen molar-refractivity contribution in [2.24, 2.45) is 0 Å². The molecule has 0 fully saturated rings. The van der Waals surface area contributed by atoms with Gasteiger partial charge in [0, 0.05) is 11.8 Å². The zero-order valence-corrected chi connectivity index (χ0v) is 8.57. The summed E-state index contributed by atoms with van der Waals surface area (Å²) in [7, 11) is 0. The van der Waals surface area contributed by atoms with Crippen LogP contribution in [0.15, 0.2) is 18.3 Å². The Labute approximate surface area is 87.7 Å². The number of nitrogen functional groups attached to an aromatic ring is 1. The molecule has 0 saturated carbocycles. The summed E-state index contributed by atoms with van der Waals surface area (Å²) in [5, 5.41) is 14.8. The largest absolute Gasteiger partial charge is 0.382 e. The zero-order valence-electron chi connectivity index (χ0n) is 8.57. The fourth-order valence-corrected chi connectivity index (χ4v) is 1.53. The molecule has 78 valence electrons. The van der Waals surface area contributed by atoms with Crippen molar-refractivity contribution in [3.8, 4) is 11.4 Å². The molecule has 3 N–H and O–H groups in total. The third-order valence-corrected chi connectivity index (χ3v) is 2.23. The van der Waals surface area contributed by atoms with Gasteiger partial charge in [0.15, 0.2) is 0 Å². The van der Waals surface area contributed by atoms with Crippen molar-refractivity contribution in [3.05, 3.63) is 23.9 Å². The molecular formula is C10H13N5. The number of nitrogens with zero attached hydrogens (tertiary/aromatic N) is 3. The van der Waals surface area contributed by atoms with Gasteiger partial charge in [-0.05, 0) is 18.6 Å². The van der Waals surface area contributed by atoms with Crippen LogP contribution in [0.1, 0.15) is 18.9 Å². The van der Waals surface area contributed by atoms with Gasteiger partial charge in [-0.15, -0.1) is 5.10 Å². The number of hydrogen-bond donors (Lipinski definition) is 2. The Morgan fingerprint density at radius 2 is 2.33 bits per heavy atom. The highest BCUT2D eigenvalue weighted by Gasteiger charge is 2.12. The Hall–Kier alpha value is -1.91. The van der Waals surface area contributed by atoms with Crippen molar-refractivity contribution in [2.45, 2.75) is 19.8 Å². The highest BCUT2D eigenvalue weighted by Crippen LogP contribution is 2.23. The summed E-state index contributed by atoms with van der Waals surface area (Å²) in [5.74, 6) is 0.553. The van der Waals surface area contributed by atoms with Gasteiger partial charge in [0.25, 0.3) is 0 Å². The van der Waals surface area contributed by atoms with Gasteiger partial charge in [-0.25, -0.2) is 0 Å². The quantitative estimate of drug-likeness (QED) is 0.790. The van der Waals surface area contributed by atoms with E-state index >= 15 is 0 Å². The van der Waals surface area contributed by atoms with Crippen LogP contribution in [0.25, 0.3) is 11.4 Å². The Kier molecular flexibility index (Phi) is 2.62. The second kappa shape index (κ2) is 4.08. The number of rotatable bonds is 3. The van der Waals surface area contributed by atoms with Gasteiger partial charge < -0.3 is 5.73 Å². The average molecular weight is 203 g/mol. The number of nitrogens with two attached hydrogens (primary N) is 1. The number of hydrogen-bond acceptors (Lipinski definition) is 4. The van der Waals surface area contributed by atoms with Gasteiger partial charge in [0.2, 0.25) is 0 Å². The first kappa shape index (κ1) is 9.64. The van der Waals surface area contributed by atoms with Crippen molar-refractivity contribution in [1.82, 2.24) is 20.4 Å². The maximum absolute atomic E-state index is 5.77. The number of aromatic nitrogens is 4. The van der Waals surface area contributed by atoms with E-state index < -0.39 is 0 Å². The zero-order chi connectivity index (χ0) is 10.7. The molecule has 0 aliphatic carbocycles. The van der Waals surface area contributed by atoms with Crippen LogP contribution in [0.3, 0.4) is 0 Å². The number of nitrogens with one attached hydrogen (secondary N) is 1. The molecule has 0 saturated heterocycles. The van der Waals surface area contributed by atoms with Crippen LogP contribution in [0.4, 0.5) is 5.82 Å². The second-order valence-corrected chi connectivity index (χ2v) is 3.32. The molecule has 0 radical (unpaired) electrons. The van der Waals surface area contributed by atoms with Crippen molar-refractivity contribution in [2.75, 3.05) is 5.73 Å². The molecule has 0 aliphatic heterocycles. The van der Waals surface area contributed by atoms with Gasteiger partial charge in [0.05, 0.1) is 5.69 Å². The Bertz CT molecular complexity index is 434. The molecule has 0 amide bonds. The van der Waals surface area contributed by atoms with Crippen LogP contribution in [0.2, 0.25) is 0 Å². The molecule has 0 atom stereocenters. The lowest BCUT2D eigenvalue weighted by atomic mass is 10.1. The predicted octanol–water partition coefficient (Wildman–Crippen LogP) is 1.40. The van der Waals surface area contributed by atoms with Crippen LogP contribution in [0, 0.1) is 0 Å². The molecule has 2 aromatic rings. The summed E-state index contributed by atoms with van der Waals surface area (Å²) < 4.78 is 0. The minimum Gasteiger partial charge on any atom is -0.382 e. The summed E-state index contributed by atoms with van der Waals surface area (Å²) in [6, 6.07) is 3.73. The second-order valence-electron chi connectivity index (χ2n) is 3.32. The third kappa shape index (κ3) is 1.81. The average Bonchev–Trinajstić information content (AvgIpc) is 2.63. The van der Waals surface area contributed by atoms with E-state index in [-0.39, 0.29) is 0 Å². The van der Waals surface area contributed by atoms with Gasteiger partial charge >= 0.3 is 0 Å². The van der Waals surface area contributed by atoms with E-state index in [1.165, 1.54) is 0 Å². The minimum atomic E-state index is 0.553. The topological polar surface area (TPSA) is 80.5 Å². The molecule has 0 bridgehead atoms. The van der Waals surface area contributed by atoms with Crippen molar-refractivity contribution in [3.63, 3.8) is 0 Å². The fraction of sp³-hybridized carbons (Fsp3) is 0.300. The first-order valence-electron chi connectivity index (χ1n) is 4.93. The molecule has 2 aromatic heterocycles. The minimum absolute atomic E-state index is 0.553. The van der Waals surface area contributed by atoms with Crippen LogP contribution < -0.4 is 5.73 Å². The molecular weight excluding hydrogens is 190 g/mol. The van der Waals surface area contributed by atoms with Crippen molar-refractivity contribution >= 4 is 5.82 Å². The first-order chi connectivity index (χ1) is 7.33. The highest BCUT2D eigenvalue weighted by molar-refractivity contribution is 5.64. The van der Waals surface area contributed by atoms with E-state index in [4.69, 9.17) is 5.73 Å². The molecule has 0 spiro atoms. The molecule has 15 heavy (non-hydrogen) atoms. The maximum Gasteiger partial charge on any atom is 0.149 e. The lowest BCUT2D eigenvalue weighted by Gasteiger charge is -2.00. The van der Waals surface area contributed by atoms with Gasteiger partial charge in [-0.1, -0.05) is 13.3 Å². The molecule has 2 heterocycles. The van der Waals surface area contributed by atoms with E-state index in [0.717, 1.165) is 29.8 Å². The lowest BCUT2D eigenvalue weighted by Crippen LogP contribution is -1.94. The van der Waals surface area contributed by atoms with Crippen LogP contribution in [0.5, 0.6) is 0 Å². The highest BCUT2D eigenvalue weighted by atomic mass is 15.2. The Morgan fingerprint density at radius 3 is 3.00 bits per heavy atom. The molecule has 0 aliphatic rings. The molecule has 2 rings (SSSR count). The number of H-pyrrole nitrogens is 1. The molecule has 5 nitrogen and oxygen atoms in total. The Morgan fingerprint density at radius 1 is 1.47 bits per heavy atom. The molecule has 0 aromatic carbocycles. The Balaban J connectivity index is 2.44. The smallest absolute Gasteiger partial charge is 0.149 e. The van der Waals surface area contributed by atoms with E-state index in [1.807, 2.05) is 12.1 Å².